The van der Waals surface area contributed by atoms with Gasteiger partial charge in [-0.05, 0) is 62.1 Å². The molecule has 0 aliphatic rings. The SMILES string of the molecule is CN(C)Cc1cc(N(C)c2cccnc2)cc2c(Nc3cccc(Br)c3)c(C#N)cnc12. The zero-order chi connectivity index (χ0) is 22.7. The van der Waals surface area contributed by atoms with Gasteiger partial charge in [-0.25, -0.2) is 0 Å². The average molecular weight is 487 g/mol. The van der Waals surface area contributed by atoms with Crippen molar-refractivity contribution < 1.29 is 0 Å². The van der Waals surface area contributed by atoms with Crippen molar-refractivity contribution in [1.29, 1.82) is 5.26 Å². The van der Waals surface area contributed by atoms with E-state index >= 15 is 0 Å². The van der Waals surface area contributed by atoms with E-state index in [0.717, 1.165) is 50.2 Å². The number of anilines is 4. The predicted octanol–water partition coefficient (Wildman–Crippen LogP) is 5.84. The summed E-state index contributed by atoms with van der Waals surface area (Å²) >= 11 is 3.52. The van der Waals surface area contributed by atoms with E-state index in [-0.39, 0.29) is 0 Å². The van der Waals surface area contributed by atoms with Gasteiger partial charge in [-0.3, -0.25) is 9.97 Å². The molecule has 4 rings (SSSR count). The van der Waals surface area contributed by atoms with E-state index in [0.29, 0.717) is 5.56 Å². The first kappa shape index (κ1) is 21.8. The molecule has 32 heavy (non-hydrogen) atoms. The van der Waals surface area contributed by atoms with Crippen LogP contribution in [-0.2, 0) is 6.54 Å². The quantitative estimate of drug-likeness (QED) is 0.369. The van der Waals surface area contributed by atoms with Gasteiger partial charge in [0.2, 0.25) is 0 Å². The molecule has 0 spiro atoms. The summed E-state index contributed by atoms with van der Waals surface area (Å²) in [5.41, 5.74) is 6.07. The van der Waals surface area contributed by atoms with Gasteiger partial charge in [-0.1, -0.05) is 22.0 Å². The summed E-state index contributed by atoms with van der Waals surface area (Å²) in [6.45, 7) is 0.723. The number of hydrogen-bond acceptors (Lipinski definition) is 6. The lowest BCUT2D eigenvalue weighted by Crippen LogP contribution is -2.14. The summed E-state index contributed by atoms with van der Waals surface area (Å²) in [7, 11) is 6.09. The van der Waals surface area contributed by atoms with Gasteiger partial charge in [0.1, 0.15) is 6.07 Å². The molecule has 7 heteroatoms. The van der Waals surface area contributed by atoms with Crippen molar-refractivity contribution in [2.45, 2.75) is 6.54 Å². The van der Waals surface area contributed by atoms with Gasteiger partial charge in [-0.2, -0.15) is 5.26 Å². The molecule has 0 aliphatic heterocycles. The Morgan fingerprint density at radius 1 is 1.03 bits per heavy atom. The summed E-state index contributed by atoms with van der Waals surface area (Å²) in [6, 6.07) is 18.4. The van der Waals surface area contributed by atoms with E-state index in [9.17, 15) is 5.26 Å². The molecule has 2 heterocycles. The molecular weight excluding hydrogens is 464 g/mol. The third kappa shape index (κ3) is 4.57. The highest BCUT2D eigenvalue weighted by atomic mass is 79.9. The minimum Gasteiger partial charge on any atom is -0.354 e. The van der Waals surface area contributed by atoms with E-state index < -0.39 is 0 Å². The molecule has 0 atom stereocenters. The number of aromatic nitrogens is 2. The van der Waals surface area contributed by atoms with Crippen molar-refractivity contribution >= 4 is 49.6 Å². The minimum absolute atomic E-state index is 0.495. The monoisotopic (exact) mass is 486 g/mol. The van der Waals surface area contributed by atoms with E-state index in [1.165, 1.54) is 0 Å². The number of rotatable bonds is 6. The topological polar surface area (TPSA) is 68.1 Å². The molecule has 0 amide bonds. The molecule has 0 radical (unpaired) electrons. The number of nitriles is 1. The lowest BCUT2D eigenvalue weighted by molar-refractivity contribution is 0.404. The standard InChI is InChI=1S/C25H23BrN6/c1-31(2)16-17-10-22(32(3)21-8-5-9-28-15-21)12-23-24(17)29-14-18(13-27)25(23)30-20-7-4-6-19(26)11-20/h4-12,14-15H,16H2,1-3H3,(H,29,30). The lowest BCUT2D eigenvalue weighted by atomic mass is 10.0. The van der Waals surface area contributed by atoms with Crippen molar-refractivity contribution in [2.24, 2.45) is 0 Å². The lowest BCUT2D eigenvalue weighted by Gasteiger charge is -2.23. The van der Waals surface area contributed by atoms with Crippen LogP contribution in [0.4, 0.5) is 22.7 Å². The summed E-state index contributed by atoms with van der Waals surface area (Å²) in [5, 5.41) is 14.2. The van der Waals surface area contributed by atoms with Crippen molar-refractivity contribution in [2.75, 3.05) is 31.4 Å². The van der Waals surface area contributed by atoms with Crippen LogP contribution in [0.2, 0.25) is 0 Å². The van der Waals surface area contributed by atoms with Gasteiger partial charge in [0, 0.05) is 47.2 Å². The molecule has 0 bridgehead atoms. The smallest absolute Gasteiger partial charge is 0.103 e. The van der Waals surface area contributed by atoms with Crippen LogP contribution in [0.5, 0.6) is 0 Å². The molecule has 6 nitrogen and oxygen atoms in total. The fraction of sp³-hybridized carbons (Fsp3) is 0.160. The van der Waals surface area contributed by atoms with Crippen LogP contribution < -0.4 is 10.2 Å². The Labute approximate surface area is 196 Å². The van der Waals surface area contributed by atoms with Crippen LogP contribution in [0.1, 0.15) is 11.1 Å². The first-order chi connectivity index (χ1) is 15.5. The highest BCUT2D eigenvalue weighted by Crippen LogP contribution is 2.36. The van der Waals surface area contributed by atoms with Crippen molar-refractivity contribution in [3.63, 3.8) is 0 Å². The molecule has 0 fully saturated rings. The predicted molar refractivity (Wildman–Crippen MR) is 134 cm³/mol. The molecule has 2 aromatic heterocycles. The number of nitrogens with one attached hydrogen (secondary N) is 1. The van der Waals surface area contributed by atoms with Gasteiger partial charge in [0.05, 0.1) is 28.7 Å². The highest BCUT2D eigenvalue weighted by molar-refractivity contribution is 9.10. The zero-order valence-corrected chi connectivity index (χ0v) is 19.8. The molecule has 0 saturated carbocycles. The Morgan fingerprint density at radius 3 is 2.56 bits per heavy atom. The molecule has 1 N–H and O–H groups in total. The van der Waals surface area contributed by atoms with E-state index in [2.05, 4.69) is 59.2 Å². The fourth-order valence-corrected chi connectivity index (χ4v) is 4.04. The molecular formula is C25H23BrN6. The molecule has 0 unspecified atom stereocenters. The maximum atomic E-state index is 9.82. The second-order valence-corrected chi connectivity index (χ2v) is 8.72. The van der Waals surface area contributed by atoms with E-state index in [4.69, 9.17) is 0 Å². The summed E-state index contributed by atoms with van der Waals surface area (Å²) in [6.07, 6.45) is 5.24. The van der Waals surface area contributed by atoms with Gasteiger partial charge in [-0.15, -0.1) is 0 Å². The molecule has 0 saturated heterocycles. The maximum Gasteiger partial charge on any atom is 0.103 e. The maximum absolute atomic E-state index is 9.82. The first-order valence-corrected chi connectivity index (χ1v) is 10.9. The van der Waals surface area contributed by atoms with Crippen LogP contribution >= 0.6 is 15.9 Å². The van der Waals surface area contributed by atoms with E-state index in [1.54, 1.807) is 12.4 Å². The highest BCUT2D eigenvalue weighted by Gasteiger charge is 2.16. The molecule has 160 valence electrons. The number of fused-ring (bicyclic) bond motifs is 1. The van der Waals surface area contributed by atoms with Gasteiger partial charge in [0.15, 0.2) is 0 Å². The second-order valence-electron chi connectivity index (χ2n) is 7.80. The van der Waals surface area contributed by atoms with Crippen molar-refractivity contribution in [3.8, 4) is 6.07 Å². The Balaban J connectivity index is 1.94. The number of pyridine rings is 2. The van der Waals surface area contributed by atoms with E-state index in [1.807, 2.05) is 63.7 Å². The van der Waals surface area contributed by atoms with Crippen LogP contribution in [-0.4, -0.2) is 36.0 Å². The van der Waals surface area contributed by atoms with Gasteiger partial charge >= 0.3 is 0 Å². The number of nitrogens with zero attached hydrogens (tertiary/aromatic N) is 5. The van der Waals surface area contributed by atoms with Crippen molar-refractivity contribution in [3.05, 3.63) is 82.7 Å². The molecule has 0 aliphatic carbocycles. The molecule has 4 aromatic rings. The van der Waals surface area contributed by atoms with Crippen LogP contribution in [0, 0.1) is 11.3 Å². The Morgan fingerprint density at radius 2 is 1.88 bits per heavy atom. The summed E-state index contributed by atoms with van der Waals surface area (Å²) < 4.78 is 0.963. The summed E-state index contributed by atoms with van der Waals surface area (Å²) in [4.78, 5) is 13.1. The van der Waals surface area contributed by atoms with Crippen LogP contribution in [0.25, 0.3) is 10.9 Å². The Kier molecular flexibility index (Phi) is 6.35. The second kappa shape index (κ2) is 9.35. The van der Waals surface area contributed by atoms with Crippen molar-refractivity contribution in [1.82, 2.24) is 14.9 Å². The third-order valence-electron chi connectivity index (χ3n) is 5.16. The summed E-state index contributed by atoms with van der Waals surface area (Å²) in [5.74, 6) is 0. The van der Waals surface area contributed by atoms with Crippen LogP contribution in [0.15, 0.2) is 71.6 Å². The third-order valence-corrected chi connectivity index (χ3v) is 5.65. The first-order valence-electron chi connectivity index (χ1n) is 10.1. The largest absolute Gasteiger partial charge is 0.354 e. The van der Waals surface area contributed by atoms with Gasteiger partial charge in [0.25, 0.3) is 0 Å². The number of benzene rings is 2. The fourth-order valence-electron chi connectivity index (χ4n) is 3.65. The van der Waals surface area contributed by atoms with Crippen LogP contribution in [0.3, 0.4) is 0 Å². The minimum atomic E-state index is 0.495. The number of hydrogen-bond donors (Lipinski definition) is 1. The molecule has 2 aromatic carbocycles. The Bertz CT molecular complexity index is 1300. The normalized spacial score (nSPS) is 10.9. The van der Waals surface area contributed by atoms with Gasteiger partial charge < -0.3 is 15.1 Å². The average Bonchev–Trinajstić information content (AvgIpc) is 2.79. The number of halogens is 1. The zero-order valence-electron chi connectivity index (χ0n) is 18.2. The Hall–Kier alpha value is -3.47.